The predicted octanol–water partition coefficient (Wildman–Crippen LogP) is 0.0780. The maximum atomic E-state index is 10.3. The number of hydrogen-bond donors (Lipinski definition) is 4. The first-order chi connectivity index (χ1) is 8.13. The number of aromatic carboxylic acids is 1. The van der Waals surface area contributed by atoms with Crippen molar-refractivity contribution in [1.29, 1.82) is 0 Å². The molecule has 1 aromatic rings. The zero-order chi connectivity index (χ0) is 13.1. The average Bonchev–Trinajstić information content (AvgIpc) is 2.31. The molecule has 0 aliphatic rings. The number of aliphatic hydroxyl groups is 2. The van der Waals surface area contributed by atoms with E-state index in [-0.39, 0.29) is 24.5 Å². The molecule has 0 saturated heterocycles. The van der Waals surface area contributed by atoms with Gasteiger partial charge >= 0.3 is 5.97 Å². The van der Waals surface area contributed by atoms with Gasteiger partial charge in [-0.2, -0.15) is 0 Å². The molecule has 96 valence electrons. The molecule has 0 aliphatic heterocycles. The lowest BCUT2D eigenvalue weighted by atomic mass is 10.2. The third-order valence-electron chi connectivity index (χ3n) is 1.61. The SMILES string of the molecule is O=C(O)c1ccccc1O.OCCOCCO. The number of aliphatic hydroxyl groups excluding tert-OH is 2. The zero-order valence-corrected chi connectivity index (χ0v) is 9.24. The minimum atomic E-state index is -1.11. The van der Waals surface area contributed by atoms with Crippen LogP contribution in [0.25, 0.3) is 0 Å². The number of carbonyl (C=O) groups is 1. The summed E-state index contributed by atoms with van der Waals surface area (Å²) in [5, 5.41) is 33.5. The summed E-state index contributed by atoms with van der Waals surface area (Å²) in [6.45, 7) is 0.696. The van der Waals surface area contributed by atoms with Crippen molar-refractivity contribution in [3.63, 3.8) is 0 Å². The maximum Gasteiger partial charge on any atom is 0.339 e. The molecule has 0 aliphatic carbocycles. The van der Waals surface area contributed by atoms with Gasteiger partial charge in [0.15, 0.2) is 0 Å². The highest BCUT2D eigenvalue weighted by molar-refractivity contribution is 5.90. The second-order valence-electron chi connectivity index (χ2n) is 2.88. The molecule has 6 heteroatoms. The van der Waals surface area contributed by atoms with Gasteiger partial charge in [0.2, 0.25) is 0 Å². The van der Waals surface area contributed by atoms with Crippen molar-refractivity contribution in [2.24, 2.45) is 0 Å². The smallest absolute Gasteiger partial charge is 0.339 e. The molecule has 1 rings (SSSR count). The summed E-state index contributed by atoms with van der Waals surface area (Å²) in [5.74, 6) is -1.31. The Morgan fingerprint density at radius 2 is 1.65 bits per heavy atom. The number of benzene rings is 1. The summed E-state index contributed by atoms with van der Waals surface area (Å²) in [6, 6.07) is 5.81. The quantitative estimate of drug-likeness (QED) is 0.546. The lowest BCUT2D eigenvalue weighted by Gasteiger charge is -1.95. The maximum absolute atomic E-state index is 10.3. The molecule has 0 aromatic heterocycles. The van der Waals surface area contributed by atoms with Crippen molar-refractivity contribution in [3.05, 3.63) is 29.8 Å². The number of aromatic hydroxyl groups is 1. The third kappa shape index (κ3) is 7.29. The van der Waals surface area contributed by atoms with Gasteiger partial charge in [0, 0.05) is 0 Å². The highest BCUT2D eigenvalue weighted by atomic mass is 16.5. The first-order valence-corrected chi connectivity index (χ1v) is 4.94. The van der Waals surface area contributed by atoms with Crippen LogP contribution in [0, 0.1) is 0 Å². The van der Waals surface area contributed by atoms with Crippen LogP contribution in [0.15, 0.2) is 24.3 Å². The summed E-state index contributed by atoms with van der Waals surface area (Å²) in [6.07, 6.45) is 0. The Labute approximate surface area is 98.7 Å². The van der Waals surface area contributed by atoms with Crippen molar-refractivity contribution in [2.75, 3.05) is 26.4 Å². The van der Waals surface area contributed by atoms with E-state index in [1.165, 1.54) is 12.1 Å². The van der Waals surface area contributed by atoms with E-state index >= 15 is 0 Å². The normalized spacial score (nSPS) is 9.29. The van der Waals surface area contributed by atoms with Crippen LogP contribution in [0.2, 0.25) is 0 Å². The second-order valence-corrected chi connectivity index (χ2v) is 2.88. The van der Waals surface area contributed by atoms with Gasteiger partial charge in [-0.3, -0.25) is 0 Å². The zero-order valence-electron chi connectivity index (χ0n) is 9.24. The van der Waals surface area contributed by atoms with Crippen LogP contribution in [-0.4, -0.2) is 52.8 Å². The second kappa shape index (κ2) is 9.59. The molecule has 0 fully saturated rings. The van der Waals surface area contributed by atoms with Gasteiger partial charge < -0.3 is 25.2 Å². The molecular formula is C11H16O6. The molecule has 0 unspecified atom stereocenters. The van der Waals surface area contributed by atoms with Gasteiger partial charge in [0.1, 0.15) is 11.3 Å². The Balaban J connectivity index is 0.000000325. The van der Waals surface area contributed by atoms with Crippen molar-refractivity contribution in [3.8, 4) is 5.75 Å². The Bertz CT molecular complexity index is 321. The number of hydrogen-bond acceptors (Lipinski definition) is 5. The van der Waals surface area contributed by atoms with E-state index in [2.05, 4.69) is 4.74 Å². The fourth-order valence-electron chi connectivity index (χ4n) is 0.886. The molecule has 1 aromatic carbocycles. The number of rotatable bonds is 5. The Morgan fingerprint density at radius 3 is 2.00 bits per heavy atom. The van der Waals surface area contributed by atoms with Gasteiger partial charge in [0.05, 0.1) is 26.4 Å². The van der Waals surface area contributed by atoms with E-state index in [0.29, 0.717) is 13.2 Å². The van der Waals surface area contributed by atoms with Gasteiger partial charge in [-0.1, -0.05) is 12.1 Å². The molecule has 0 heterocycles. The topological polar surface area (TPSA) is 107 Å². The summed E-state index contributed by atoms with van der Waals surface area (Å²) >= 11 is 0. The van der Waals surface area contributed by atoms with E-state index < -0.39 is 5.97 Å². The van der Waals surface area contributed by atoms with Crippen LogP contribution in [0.4, 0.5) is 0 Å². The van der Waals surface area contributed by atoms with E-state index in [1.54, 1.807) is 12.1 Å². The summed E-state index contributed by atoms with van der Waals surface area (Å²) in [5.41, 5.74) is -0.0671. The van der Waals surface area contributed by atoms with Crippen LogP contribution < -0.4 is 0 Å². The van der Waals surface area contributed by atoms with Crippen molar-refractivity contribution < 1.29 is 30.0 Å². The molecule has 17 heavy (non-hydrogen) atoms. The minimum Gasteiger partial charge on any atom is -0.507 e. The molecule has 0 spiro atoms. The summed E-state index contributed by atoms with van der Waals surface area (Å²) in [7, 11) is 0. The van der Waals surface area contributed by atoms with E-state index in [4.69, 9.17) is 20.4 Å². The van der Waals surface area contributed by atoms with Gasteiger partial charge in [0.25, 0.3) is 0 Å². The van der Waals surface area contributed by atoms with Crippen LogP contribution >= 0.6 is 0 Å². The summed E-state index contributed by atoms with van der Waals surface area (Å²) < 4.78 is 4.63. The molecule has 6 nitrogen and oxygen atoms in total. The van der Waals surface area contributed by atoms with Gasteiger partial charge in [-0.25, -0.2) is 4.79 Å². The number of phenols is 1. The van der Waals surface area contributed by atoms with E-state index in [9.17, 15) is 4.79 Å². The lowest BCUT2D eigenvalue weighted by Crippen LogP contribution is -2.03. The molecule has 0 radical (unpaired) electrons. The highest BCUT2D eigenvalue weighted by Gasteiger charge is 2.05. The minimum absolute atomic E-state index is 0.0278. The predicted molar refractivity (Wildman–Crippen MR) is 60.1 cm³/mol. The number of carboxylic acid groups (broad SMARTS) is 1. The van der Waals surface area contributed by atoms with E-state index in [0.717, 1.165) is 0 Å². The largest absolute Gasteiger partial charge is 0.507 e. The van der Waals surface area contributed by atoms with Crippen molar-refractivity contribution in [2.45, 2.75) is 0 Å². The first kappa shape index (κ1) is 15.4. The molecule has 0 saturated carbocycles. The Morgan fingerprint density at radius 1 is 1.12 bits per heavy atom. The molecule has 0 bridgehead atoms. The summed E-state index contributed by atoms with van der Waals surface area (Å²) in [4.78, 5) is 10.3. The molecular weight excluding hydrogens is 228 g/mol. The van der Waals surface area contributed by atoms with E-state index in [1.807, 2.05) is 0 Å². The van der Waals surface area contributed by atoms with Crippen molar-refractivity contribution in [1.82, 2.24) is 0 Å². The molecule has 0 atom stereocenters. The van der Waals surface area contributed by atoms with Crippen LogP contribution in [-0.2, 0) is 4.74 Å². The third-order valence-corrected chi connectivity index (χ3v) is 1.61. The molecule has 0 amide bonds. The number of ether oxygens (including phenoxy) is 1. The lowest BCUT2D eigenvalue weighted by molar-refractivity contribution is 0.0650. The first-order valence-electron chi connectivity index (χ1n) is 4.94. The fourth-order valence-corrected chi connectivity index (χ4v) is 0.886. The average molecular weight is 244 g/mol. The van der Waals surface area contributed by atoms with Gasteiger partial charge in [-0.15, -0.1) is 0 Å². The number of para-hydroxylation sites is 1. The standard InChI is InChI=1S/C7H6O3.C4H10O3/c8-6-4-2-1-3-5(6)7(9)10;5-1-3-7-4-2-6/h1-4,8H,(H,9,10);5-6H,1-4H2. The highest BCUT2D eigenvalue weighted by Crippen LogP contribution is 2.14. The van der Waals surface area contributed by atoms with Crippen LogP contribution in [0.3, 0.4) is 0 Å². The Kier molecular flexibility index (Phi) is 8.67. The van der Waals surface area contributed by atoms with Crippen LogP contribution in [0.1, 0.15) is 10.4 Å². The monoisotopic (exact) mass is 244 g/mol. The van der Waals surface area contributed by atoms with Crippen molar-refractivity contribution >= 4 is 5.97 Å². The van der Waals surface area contributed by atoms with Crippen LogP contribution in [0.5, 0.6) is 5.75 Å². The van der Waals surface area contributed by atoms with Gasteiger partial charge in [-0.05, 0) is 12.1 Å². The number of carboxylic acids is 1. The Hall–Kier alpha value is -1.63. The fraction of sp³-hybridized carbons (Fsp3) is 0.364. The molecule has 4 N–H and O–H groups in total.